The van der Waals surface area contributed by atoms with Crippen LogP contribution < -0.4 is 5.32 Å². The van der Waals surface area contributed by atoms with E-state index < -0.39 is 0 Å². The molecule has 1 aliphatic rings. The van der Waals surface area contributed by atoms with E-state index in [4.69, 9.17) is 4.74 Å². The molecule has 0 aromatic heterocycles. The molecule has 3 nitrogen and oxygen atoms in total. The monoisotopic (exact) mass is 228 g/mol. The largest absolute Gasteiger partial charge is 0.384 e. The Kier molecular flexibility index (Phi) is 7.81. The van der Waals surface area contributed by atoms with E-state index in [0.29, 0.717) is 0 Å². The second kappa shape index (κ2) is 8.97. The lowest BCUT2D eigenvalue weighted by molar-refractivity contribution is 0.0899. The van der Waals surface area contributed by atoms with E-state index >= 15 is 0 Å². The minimum atomic E-state index is 0.771. The quantitative estimate of drug-likeness (QED) is 0.640. The molecule has 0 amide bonds. The minimum absolute atomic E-state index is 0.771. The van der Waals surface area contributed by atoms with Crippen molar-refractivity contribution in [1.82, 2.24) is 10.2 Å². The number of hydrogen-bond acceptors (Lipinski definition) is 3. The molecule has 96 valence electrons. The van der Waals surface area contributed by atoms with Gasteiger partial charge in [0.15, 0.2) is 0 Å². The van der Waals surface area contributed by atoms with Crippen molar-refractivity contribution in [3.63, 3.8) is 0 Å². The number of methoxy groups -OCH3 is 1. The molecule has 0 aliphatic carbocycles. The Balaban J connectivity index is 2.02. The Labute approximate surface area is 101 Å². The Morgan fingerprint density at radius 3 is 3.00 bits per heavy atom. The number of nitrogens with one attached hydrogen (secondary N) is 1. The lowest BCUT2D eigenvalue weighted by Gasteiger charge is -2.32. The maximum atomic E-state index is 5.25. The number of unbranched alkanes of at least 4 members (excludes halogenated alkanes) is 1. The van der Waals surface area contributed by atoms with E-state index in [1.807, 2.05) is 7.11 Å². The first-order valence-electron chi connectivity index (χ1n) is 6.78. The molecular formula is C13H28N2O. The summed E-state index contributed by atoms with van der Waals surface area (Å²) in [5.41, 5.74) is 0. The maximum absolute atomic E-state index is 5.25. The zero-order valence-electron chi connectivity index (χ0n) is 11.0. The van der Waals surface area contributed by atoms with Gasteiger partial charge in [-0.05, 0) is 57.8 Å². The third kappa shape index (κ3) is 5.83. The molecule has 0 aromatic carbocycles. The van der Waals surface area contributed by atoms with Crippen LogP contribution in [-0.2, 0) is 4.74 Å². The first-order valence-corrected chi connectivity index (χ1v) is 6.78. The van der Waals surface area contributed by atoms with Crippen LogP contribution in [0.1, 0.15) is 32.6 Å². The average Bonchev–Trinajstić information content (AvgIpc) is 2.30. The topological polar surface area (TPSA) is 24.5 Å². The summed E-state index contributed by atoms with van der Waals surface area (Å²) < 4.78 is 5.25. The van der Waals surface area contributed by atoms with Crippen molar-refractivity contribution in [2.75, 3.05) is 46.4 Å². The van der Waals surface area contributed by atoms with Crippen molar-refractivity contribution in [2.45, 2.75) is 32.6 Å². The van der Waals surface area contributed by atoms with Gasteiger partial charge in [0.1, 0.15) is 0 Å². The van der Waals surface area contributed by atoms with Gasteiger partial charge in [-0.25, -0.2) is 0 Å². The summed E-state index contributed by atoms with van der Waals surface area (Å²) in [7, 11) is 1.81. The molecule has 3 heteroatoms. The Bertz CT molecular complexity index is 162. The summed E-state index contributed by atoms with van der Waals surface area (Å²) in [4.78, 5) is 2.61. The molecule has 0 aromatic rings. The fourth-order valence-corrected chi connectivity index (χ4v) is 2.49. The highest BCUT2D eigenvalue weighted by Crippen LogP contribution is 2.16. The molecule has 1 fully saturated rings. The second-order valence-electron chi connectivity index (χ2n) is 4.82. The molecule has 1 heterocycles. The van der Waals surface area contributed by atoms with E-state index in [0.717, 1.165) is 19.1 Å². The normalized spacial score (nSPS) is 22.5. The minimum Gasteiger partial charge on any atom is -0.384 e. The molecule has 1 saturated heterocycles. The first kappa shape index (κ1) is 13.9. The van der Waals surface area contributed by atoms with Crippen LogP contribution in [0.5, 0.6) is 0 Å². The maximum Gasteiger partial charge on any atom is 0.0502 e. The lowest BCUT2D eigenvalue weighted by Crippen LogP contribution is -2.37. The molecule has 0 bridgehead atoms. The number of rotatable bonds is 8. The van der Waals surface area contributed by atoms with Crippen molar-refractivity contribution in [3.8, 4) is 0 Å². The molecule has 1 rings (SSSR count). The summed E-state index contributed by atoms with van der Waals surface area (Å²) in [5, 5.41) is 3.38. The number of piperidine rings is 1. The Morgan fingerprint density at radius 1 is 1.38 bits per heavy atom. The zero-order valence-corrected chi connectivity index (χ0v) is 11.0. The summed E-state index contributed by atoms with van der Waals surface area (Å²) in [6.45, 7) is 9.18. The summed E-state index contributed by atoms with van der Waals surface area (Å²) >= 11 is 0. The van der Waals surface area contributed by atoms with Crippen LogP contribution in [0.15, 0.2) is 0 Å². The van der Waals surface area contributed by atoms with Gasteiger partial charge < -0.3 is 15.0 Å². The predicted molar refractivity (Wildman–Crippen MR) is 68.8 cm³/mol. The Morgan fingerprint density at radius 2 is 2.25 bits per heavy atom. The van der Waals surface area contributed by atoms with Crippen LogP contribution in [0.25, 0.3) is 0 Å². The Hall–Kier alpha value is -0.120. The standard InChI is InChI=1S/C13H28N2O/c1-3-14-8-4-5-9-15-10-6-7-13(11-15)12-16-2/h13-14H,3-12H2,1-2H3. The van der Waals surface area contributed by atoms with E-state index in [1.54, 1.807) is 0 Å². The van der Waals surface area contributed by atoms with Crippen LogP contribution in [0.4, 0.5) is 0 Å². The molecule has 1 aliphatic heterocycles. The van der Waals surface area contributed by atoms with Crippen LogP contribution in [0.3, 0.4) is 0 Å². The number of hydrogen-bond donors (Lipinski definition) is 1. The van der Waals surface area contributed by atoms with Gasteiger partial charge in [0.25, 0.3) is 0 Å². The van der Waals surface area contributed by atoms with Crippen molar-refractivity contribution < 1.29 is 4.74 Å². The van der Waals surface area contributed by atoms with Gasteiger partial charge in [-0.15, -0.1) is 0 Å². The first-order chi connectivity index (χ1) is 7.86. The van der Waals surface area contributed by atoms with Crippen molar-refractivity contribution in [2.24, 2.45) is 5.92 Å². The smallest absolute Gasteiger partial charge is 0.0502 e. The fourth-order valence-electron chi connectivity index (χ4n) is 2.49. The molecule has 0 spiro atoms. The molecule has 1 N–H and O–H groups in total. The van der Waals surface area contributed by atoms with Gasteiger partial charge in [-0.1, -0.05) is 6.92 Å². The van der Waals surface area contributed by atoms with Crippen molar-refractivity contribution in [3.05, 3.63) is 0 Å². The van der Waals surface area contributed by atoms with Gasteiger partial charge >= 0.3 is 0 Å². The fraction of sp³-hybridized carbons (Fsp3) is 1.00. The van der Waals surface area contributed by atoms with E-state index in [1.165, 1.54) is 51.9 Å². The molecule has 0 saturated carbocycles. The summed E-state index contributed by atoms with van der Waals surface area (Å²) in [6.07, 6.45) is 5.33. The van der Waals surface area contributed by atoms with Gasteiger partial charge in [0.2, 0.25) is 0 Å². The summed E-state index contributed by atoms with van der Waals surface area (Å²) in [5.74, 6) is 0.771. The highest BCUT2D eigenvalue weighted by atomic mass is 16.5. The van der Waals surface area contributed by atoms with Crippen molar-refractivity contribution >= 4 is 0 Å². The number of likely N-dealkylation sites (tertiary alicyclic amines) is 1. The van der Waals surface area contributed by atoms with Crippen LogP contribution in [0, 0.1) is 5.92 Å². The second-order valence-corrected chi connectivity index (χ2v) is 4.82. The van der Waals surface area contributed by atoms with Crippen LogP contribution in [-0.4, -0.2) is 51.3 Å². The van der Waals surface area contributed by atoms with Gasteiger partial charge in [0, 0.05) is 13.7 Å². The lowest BCUT2D eigenvalue weighted by atomic mass is 9.99. The summed E-state index contributed by atoms with van der Waals surface area (Å²) in [6, 6.07) is 0. The third-order valence-corrected chi connectivity index (χ3v) is 3.33. The van der Waals surface area contributed by atoms with Crippen molar-refractivity contribution in [1.29, 1.82) is 0 Å². The SMILES string of the molecule is CCNCCCCN1CCCC(COC)C1. The number of nitrogens with zero attached hydrogens (tertiary/aromatic N) is 1. The molecule has 0 radical (unpaired) electrons. The molecule has 1 unspecified atom stereocenters. The average molecular weight is 228 g/mol. The van der Waals surface area contributed by atoms with Crippen LogP contribution in [0.2, 0.25) is 0 Å². The van der Waals surface area contributed by atoms with Gasteiger partial charge in [0.05, 0.1) is 6.61 Å². The molecule has 1 atom stereocenters. The van der Waals surface area contributed by atoms with E-state index in [2.05, 4.69) is 17.1 Å². The molecular weight excluding hydrogens is 200 g/mol. The van der Waals surface area contributed by atoms with Crippen LogP contribution >= 0.6 is 0 Å². The van der Waals surface area contributed by atoms with Gasteiger partial charge in [-0.2, -0.15) is 0 Å². The number of ether oxygens (including phenoxy) is 1. The van der Waals surface area contributed by atoms with E-state index in [-0.39, 0.29) is 0 Å². The van der Waals surface area contributed by atoms with Gasteiger partial charge in [-0.3, -0.25) is 0 Å². The third-order valence-electron chi connectivity index (χ3n) is 3.33. The highest BCUT2D eigenvalue weighted by molar-refractivity contribution is 4.72. The predicted octanol–water partition coefficient (Wildman–Crippen LogP) is 1.73. The zero-order chi connectivity index (χ0) is 11.6. The van der Waals surface area contributed by atoms with E-state index in [9.17, 15) is 0 Å². The molecule has 16 heavy (non-hydrogen) atoms. The highest BCUT2D eigenvalue weighted by Gasteiger charge is 2.18.